The number of methoxy groups -OCH3 is 2. The number of nitrogens with zero attached hydrogens (tertiary/aromatic N) is 1. The fourth-order valence-electron chi connectivity index (χ4n) is 3.45. The molecule has 1 fully saturated rings. The molecule has 2 aromatic carbocycles. The Morgan fingerprint density at radius 1 is 1.00 bits per heavy atom. The fraction of sp³-hybridized carbons (Fsp3) is 0.391. The lowest BCUT2D eigenvalue weighted by Crippen LogP contribution is -2.46. The molecule has 2 amide bonds. The van der Waals surface area contributed by atoms with E-state index in [0.717, 1.165) is 18.6 Å². The average Bonchev–Trinajstić information content (AvgIpc) is 2.79. The minimum atomic E-state index is -0.156. The number of carbonyl (C=O) groups is 2. The van der Waals surface area contributed by atoms with Gasteiger partial charge in [-0.2, -0.15) is 0 Å². The normalized spacial score (nSPS) is 14.1. The molecule has 0 spiro atoms. The molecule has 1 heterocycles. The van der Waals surface area contributed by atoms with Crippen LogP contribution in [0.1, 0.15) is 29.6 Å². The molecule has 1 N–H and O–H groups in total. The van der Waals surface area contributed by atoms with Gasteiger partial charge in [0.25, 0.3) is 5.91 Å². The van der Waals surface area contributed by atoms with Gasteiger partial charge in [-0.25, -0.2) is 0 Å². The molecule has 1 aliphatic rings. The van der Waals surface area contributed by atoms with Gasteiger partial charge in [-0.15, -0.1) is 0 Å². The zero-order valence-corrected chi connectivity index (χ0v) is 17.4. The highest BCUT2D eigenvalue weighted by Gasteiger charge is 2.24. The van der Waals surface area contributed by atoms with Crippen molar-refractivity contribution in [2.24, 2.45) is 0 Å². The minimum Gasteiger partial charge on any atom is -0.493 e. The molecule has 7 heteroatoms. The van der Waals surface area contributed by atoms with Gasteiger partial charge in [0, 0.05) is 24.7 Å². The number of amides is 2. The predicted octanol–water partition coefficient (Wildman–Crippen LogP) is 2.89. The van der Waals surface area contributed by atoms with E-state index < -0.39 is 0 Å². The first kappa shape index (κ1) is 21.5. The summed E-state index contributed by atoms with van der Waals surface area (Å²) in [5.41, 5.74) is 0.518. The Morgan fingerprint density at radius 3 is 2.37 bits per heavy atom. The number of hydrogen-bond acceptors (Lipinski definition) is 5. The first-order valence-electron chi connectivity index (χ1n) is 10.1. The summed E-state index contributed by atoms with van der Waals surface area (Å²) in [4.78, 5) is 26.8. The van der Waals surface area contributed by atoms with Crippen LogP contribution in [-0.2, 0) is 4.79 Å². The van der Waals surface area contributed by atoms with Gasteiger partial charge < -0.3 is 24.4 Å². The van der Waals surface area contributed by atoms with E-state index in [2.05, 4.69) is 5.32 Å². The maximum absolute atomic E-state index is 12.6. The third-order valence-corrected chi connectivity index (χ3v) is 5.16. The number of rotatable bonds is 8. The smallest absolute Gasteiger partial charge is 0.251 e. The molecule has 7 nitrogen and oxygen atoms in total. The average molecular weight is 412 g/mol. The Labute approximate surface area is 176 Å². The summed E-state index contributed by atoms with van der Waals surface area (Å²) in [5.74, 6) is 1.79. The SMILES string of the molecule is COc1ccc(C(=O)NC2CCN(C(=O)CCOc3ccccc3)CC2)cc1OC. The van der Waals surface area contributed by atoms with Crippen molar-refractivity contribution in [3.8, 4) is 17.2 Å². The molecule has 0 unspecified atom stereocenters. The van der Waals surface area contributed by atoms with E-state index in [4.69, 9.17) is 14.2 Å². The van der Waals surface area contributed by atoms with Crippen molar-refractivity contribution in [1.29, 1.82) is 0 Å². The highest BCUT2D eigenvalue weighted by atomic mass is 16.5. The van der Waals surface area contributed by atoms with Crippen molar-refractivity contribution >= 4 is 11.8 Å². The molecule has 30 heavy (non-hydrogen) atoms. The van der Waals surface area contributed by atoms with Crippen molar-refractivity contribution in [3.05, 3.63) is 54.1 Å². The molecule has 0 bridgehead atoms. The standard InChI is InChI=1S/C23H28N2O5/c1-28-20-9-8-17(16-21(20)29-2)23(27)24-18-10-13-25(14-11-18)22(26)12-15-30-19-6-4-3-5-7-19/h3-9,16,18H,10-15H2,1-2H3,(H,24,27). The van der Waals surface area contributed by atoms with Crippen LogP contribution in [0.2, 0.25) is 0 Å². The van der Waals surface area contributed by atoms with E-state index in [-0.39, 0.29) is 17.9 Å². The number of ether oxygens (including phenoxy) is 3. The molecule has 1 aliphatic heterocycles. The highest BCUT2D eigenvalue weighted by molar-refractivity contribution is 5.95. The molecule has 2 aromatic rings. The maximum atomic E-state index is 12.6. The second kappa shape index (κ2) is 10.5. The van der Waals surface area contributed by atoms with E-state index in [9.17, 15) is 9.59 Å². The molecule has 3 rings (SSSR count). The zero-order valence-electron chi connectivity index (χ0n) is 17.4. The van der Waals surface area contributed by atoms with Crippen molar-refractivity contribution < 1.29 is 23.8 Å². The van der Waals surface area contributed by atoms with Gasteiger partial charge in [0.05, 0.1) is 27.2 Å². The van der Waals surface area contributed by atoms with Crippen LogP contribution < -0.4 is 19.5 Å². The van der Waals surface area contributed by atoms with Gasteiger partial charge in [-0.3, -0.25) is 9.59 Å². The van der Waals surface area contributed by atoms with Crippen LogP contribution in [-0.4, -0.2) is 56.7 Å². The van der Waals surface area contributed by atoms with Gasteiger partial charge >= 0.3 is 0 Å². The third kappa shape index (κ3) is 5.65. The zero-order chi connectivity index (χ0) is 21.3. The van der Waals surface area contributed by atoms with Gasteiger partial charge in [0.2, 0.25) is 5.91 Å². The monoisotopic (exact) mass is 412 g/mol. The second-order valence-electron chi connectivity index (χ2n) is 7.11. The molecular weight excluding hydrogens is 384 g/mol. The summed E-state index contributed by atoms with van der Waals surface area (Å²) in [6, 6.07) is 14.6. The molecule has 0 atom stereocenters. The van der Waals surface area contributed by atoms with Crippen molar-refractivity contribution in [2.75, 3.05) is 33.9 Å². The number of hydrogen-bond donors (Lipinski definition) is 1. The predicted molar refractivity (Wildman–Crippen MR) is 113 cm³/mol. The number of benzene rings is 2. The Kier molecular flexibility index (Phi) is 7.54. The summed E-state index contributed by atoms with van der Waals surface area (Å²) >= 11 is 0. The molecule has 160 valence electrons. The summed E-state index contributed by atoms with van der Waals surface area (Å²) in [5, 5.41) is 3.05. The van der Waals surface area contributed by atoms with Gasteiger partial charge in [0.15, 0.2) is 11.5 Å². The molecule has 1 saturated heterocycles. The Morgan fingerprint density at radius 2 is 1.70 bits per heavy atom. The van der Waals surface area contributed by atoms with Crippen LogP contribution in [0.15, 0.2) is 48.5 Å². The summed E-state index contributed by atoms with van der Waals surface area (Å²) in [6.45, 7) is 1.61. The number of likely N-dealkylation sites (tertiary alicyclic amines) is 1. The summed E-state index contributed by atoms with van der Waals surface area (Å²) < 4.78 is 16.1. The molecule has 0 saturated carbocycles. The van der Waals surface area contributed by atoms with Crippen LogP contribution in [0, 0.1) is 0 Å². The summed E-state index contributed by atoms with van der Waals surface area (Å²) in [7, 11) is 3.09. The van der Waals surface area contributed by atoms with E-state index in [1.807, 2.05) is 35.2 Å². The maximum Gasteiger partial charge on any atom is 0.251 e. The lowest BCUT2D eigenvalue weighted by Gasteiger charge is -2.32. The van der Waals surface area contributed by atoms with E-state index in [1.165, 1.54) is 7.11 Å². The van der Waals surface area contributed by atoms with E-state index in [0.29, 0.717) is 43.2 Å². The van der Waals surface area contributed by atoms with Crippen LogP contribution in [0.25, 0.3) is 0 Å². The Bertz CT molecular complexity index is 848. The second-order valence-corrected chi connectivity index (χ2v) is 7.11. The number of carbonyl (C=O) groups excluding carboxylic acids is 2. The largest absolute Gasteiger partial charge is 0.493 e. The van der Waals surface area contributed by atoms with Crippen LogP contribution in [0.3, 0.4) is 0 Å². The molecule has 0 aromatic heterocycles. The summed E-state index contributed by atoms with van der Waals surface area (Å²) in [6.07, 6.45) is 1.80. The highest BCUT2D eigenvalue weighted by Crippen LogP contribution is 2.27. The van der Waals surface area contributed by atoms with Crippen molar-refractivity contribution in [2.45, 2.75) is 25.3 Å². The first-order valence-corrected chi connectivity index (χ1v) is 10.1. The quantitative estimate of drug-likeness (QED) is 0.721. The fourth-order valence-corrected chi connectivity index (χ4v) is 3.45. The Balaban J connectivity index is 1.42. The number of para-hydroxylation sites is 1. The van der Waals surface area contributed by atoms with Gasteiger partial charge in [0.1, 0.15) is 5.75 Å². The van der Waals surface area contributed by atoms with Gasteiger partial charge in [-0.1, -0.05) is 18.2 Å². The number of piperidine rings is 1. The van der Waals surface area contributed by atoms with Crippen LogP contribution in [0.5, 0.6) is 17.2 Å². The lowest BCUT2D eigenvalue weighted by atomic mass is 10.0. The number of nitrogens with one attached hydrogen (secondary N) is 1. The Hall–Kier alpha value is -3.22. The lowest BCUT2D eigenvalue weighted by molar-refractivity contribution is -0.132. The van der Waals surface area contributed by atoms with Crippen LogP contribution >= 0.6 is 0 Å². The molecular formula is C23H28N2O5. The minimum absolute atomic E-state index is 0.0372. The van der Waals surface area contributed by atoms with Crippen molar-refractivity contribution in [3.63, 3.8) is 0 Å². The third-order valence-electron chi connectivity index (χ3n) is 5.16. The topological polar surface area (TPSA) is 77.1 Å². The first-order chi connectivity index (χ1) is 14.6. The molecule has 0 radical (unpaired) electrons. The van der Waals surface area contributed by atoms with E-state index in [1.54, 1.807) is 25.3 Å². The van der Waals surface area contributed by atoms with E-state index >= 15 is 0 Å². The molecule has 0 aliphatic carbocycles. The van der Waals surface area contributed by atoms with Crippen molar-refractivity contribution in [1.82, 2.24) is 10.2 Å². The van der Waals surface area contributed by atoms with Gasteiger partial charge in [-0.05, 0) is 43.2 Å². The van der Waals surface area contributed by atoms with Crippen LogP contribution in [0.4, 0.5) is 0 Å².